The molecule has 1 atom stereocenters. The van der Waals surface area contributed by atoms with Crippen LogP contribution < -0.4 is 5.32 Å². The first-order valence-corrected chi connectivity index (χ1v) is 10.9. The molecule has 1 N–H and O–H groups in total. The van der Waals surface area contributed by atoms with Crippen LogP contribution >= 0.6 is 11.8 Å². The fourth-order valence-electron chi connectivity index (χ4n) is 3.02. The Morgan fingerprint density at radius 1 is 1.26 bits per heavy atom. The Kier molecular flexibility index (Phi) is 5.28. The molecule has 3 rings (SSSR count). The zero-order valence-corrected chi connectivity index (χ0v) is 14.7. The second-order valence-electron chi connectivity index (χ2n) is 6.13. The van der Waals surface area contributed by atoms with Crippen LogP contribution in [-0.4, -0.2) is 55.3 Å². The molecule has 1 unspecified atom stereocenters. The Morgan fingerprint density at radius 3 is 2.70 bits per heavy atom. The first-order valence-electron chi connectivity index (χ1n) is 7.93. The molecule has 0 bridgehead atoms. The number of sulfone groups is 1. The van der Waals surface area contributed by atoms with E-state index in [0.29, 0.717) is 6.42 Å². The van der Waals surface area contributed by atoms with E-state index in [2.05, 4.69) is 10.2 Å². The van der Waals surface area contributed by atoms with Gasteiger partial charge in [-0.25, -0.2) is 8.42 Å². The van der Waals surface area contributed by atoms with E-state index in [1.807, 2.05) is 36.0 Å². The molecule has 7 heteroatoms. The number of nitrogens with zero attached hydrogens (tertiary/aromatic N) is 1. The van der Waals surface area contributed by atoms with Crippen LogP contribution in [0, 0.1) is 5.92 Å². The summed E-state index contributed by atoms with van der Waals surface area (Å²) < 4.78 is 23.1. The molecular formula is C16H22N2O3S2. The molecule has 0 aliphatic carbocycles. The zero-order chi connectivity index (χ0) is 16.3. The van der Waals surface area contributed by atoms with Gasteiger partial charge in [-0.15, -0.1) is 0 Å². The molecule has 1 aromatic carbocycles. The largest absolute Gasteiger partial charge is 0.326 e. The quantitative estimate of drug-likeness (QED) is 0.890. The standard InChI is InChI=1S/C16H22N2O3S2/c19-16(14-5-10-23(20,21)12-14)17-15-4-2-1-3-13(15)11-18-6-8-22-9-7-18/h1-4,14H,5-12H2,(H,17,19). The molecule has 126 valence electrons. The second kappa shape index (κ2) is 7.23. The van der Waals surface area contributed by atoms with Crippen molar-refractivity contribution in [3.63, 3.8) is 0 Å². The summed E-state index contributed by atoms with van der Waals surface area (Å²) in [6, 6.07) is 7.80. The summed E-state index contributed by atoms with van der Waals surface area (Å²) in [6.45, 7) is 2.95. The molecule has 2 heterocycles. The number of anilines is 1. The monoisotopic (exact) mass is 354 g/mol. The van der Waals surface area contributed by atoms with Gasteiger partial charge in [-0.2, -0.15) is 11.8 Å². The lowest BCUT2D eigenvalue weighted by Crippen LogP contribution is -2.32. The topological polar surface area (TPSA) is 66.5 Å². The maximum atomic E-state index is 12.4. The van der Waals surface area contributed by atoms with E-state index >= 15 is 0 Å². The lowest BCUT2D eigenvalue weighted by molar-refractivity contribution is -0.119. The van der Waals surface area contributed by atoms with Gasteiger partial charge >= 0.3 is 0 Å². The van der Waals surface area contributed by atoms with Gasteiger partial charge in [0.05, 0.1) is 17.4 Å². The van der Waals surface area contributed by atoms with Crippen LogP contribution in [0.3, 0.4) is 0 Å². The minimum atomic E-state index is -3.04. The van der Waals surface area contributed by atoms with Gasteiger partial charge in [0.15, 0.2) is 9.84 Å². The smallest absolute Gasteiger partial charge is 0.228 e. The molecule has 1 amide bonds. The highest BCUT2D eigenvalue weighted by atomic mass is 32.2. The van der Waals surface area contributed by atoms with E-state index in [0.717, 1.165) is 42.4 Å². The summed E-state index contributed by atoms with van der Waals surface area (Å²) in [4.78, 5) is 14.7. The average molecular weight is 354 g/mol. The fourth-order valence-corrected chi connectivity index (χ4v) is 5.74. The number of para-hydroxylation sites is 1. The number of nitrogens with one attached hydrogen (secondary N) is 1. The maximum Gasteiger partial charge on any atom is 0.228 e. The van der Waals surface area contributed by atoms with E-state index in [-0.39, 0.29) is 17.4 Å². The maximum absolute atomic E-state index is 12.4. The van der Waals surface area contributed by atoms with Crippen LogP contribution in [0.1, 0.15) is 12.0 Å². The van der Waals surface area contributed by atoms with Crippen molar-refractivity contribution in [2.45, 2.75) is 13.0 Å². The van der Waals surface area contributed by atoms with Crippen LogP contribution in [0.25, 0.3) is 0 Å². The highest BCUT2D eigenvalue weighted by Gasteiger charge is 2.33. The van der Waals surface area contributed by atoms with Crippen molar-refractivity contribution >= 4 is 33.2 Å². The van der Waals surface area contributed by atoms with E-state index in [4.69, 9.17) is 0 Å². The Morgan fingerprint density at radius 2 is 2.00 bits per heavy atom. The minimum Gasteiger partial charge on any atom is -0.326 e. The van der Waals surface area contributed by atoms with Crippen LogP contribution in [0.4, 0.5) is 5.69 Å². The van der Waals surface area contributed by atoms with Crippen LogP contribution in [-0.2, 0) is 21.2 Å². The Balaban J connectivity index is 1.66. The average Bonchev–Trinajstić information content (AvgIpc) is 2.90. The van der Waals surface area contributed by atoms with Crippen molar-refractivity contribution in [1.29, 1.82) is 0 Å². The first kappa shape index (κ1) is 16.8. The van der Waals surface area contributed by atoms with Gasteiger partial charge in [-0.05, 0) is 18.1 Å². The summed E-state index contributed by atoms with van der Waals surface area (Å²) in [7, 11) is -3.04. The number of rotatable bonds is 4. The molecule has 0 aromatic heterocycles. The third-order valence-corrected chi connectivity index (χ3v) is 7.09. The lowest BCUT2D eigenvalue weighted by atomic mass is 10.1. The molecule has 0 spiro atoms. The predicted molar refractivity (Wildman–Crippen MR) is 94.4 cm³/mol. The van der Waals surface area contributed by atoms with Crippen LogP contribution in [0.5, 0.6) is 0 Å². The predicted octanol–water partition coefficient (Wildman–Crippen LogP) is 1.61. The van der Waals surface area contributed by atoms with Crippen LogP contribution in [0.15, 0.2) is 24.3 Å². The molecule has 1 aromatic rings. The lowest BCUT2D eigenvalue weighted by Gasteiger charge is -2.27. The molecule has 5 nitrogen and oxygen atoms in total. The number of hydrogen-bond acceptors (Lipinski definition) is 5. The van der Waals surface area contributed by atoms with Gasteiger partial charge in [0.25, 0.3) is 0 Å². The van der Waals surface area contributed by atoms with E-state index < -0.39 is 15.8 Å². The van der Waals surface area contributed by atoms with E-state index in [1.54, 1.807) is 0 Å². The number of carbonyl (C=O) groups excluding carboxylic acids is 1. The van der Waals surface area contributed by atoms with Gasteiger partial charge in [-0.3, -0.25) is 9.69 Å². The van der Waals surface area contributed by atoms with E-state index in [1.165, 1.54) is 0 Å². The first-order chi connectivity index (χ1) is 11.0. The molecule has 2 fully saturated rings. The Labute approximate surface area is 141 Å². The molecule has 2 aliphatic rings. The number of hydrogen-bond donors (Lipinski definition) is 1. The van der Waals surface area contributed by atoms with Crippen molar-refractivity contribution in [3.8, 4) is 0 Å². The molecule has 0 saturated carbocycles. The van der Waals surface area contributed by atoms with Gasteiger partial charge in [0.1, 0.15) is 0 Å². The van der Waals surface area contributed by atoms with E-state index in [9.17, 15) is 13.2 Å². The van der Waals surface area contributed by atoms with Crippen molar-refractivity contribution < 1.29 is 13.2 Å². The Hall–Kier alpha value is -1.05. The molecule has 2 aliphatic heterocycles. The number of benzene rings is 1. The summed E-state index contributed by atoms with van der Waals surface area (Å²) >= 11 is 1.97. The molecule has 0 radical (unpaired) electrons. The number of amides is 1. The number of thioether (sulfide) groups is 1. The SMILES string of the molecule is O=C(Nc1ccccc1CN1CCSCC1)C1CCS(=O)(=O)C1. The molecular weight excluding hydrogens is 332 g/mol. The van der Waals surface area contributed by atoms with Crippen molar-refractivity contribution in [3.05, 3.63) is 29.8 Å². The minimum absolute atomic E-state index is 0.0235. The van der Waals surface area contributed by atoms with Crippen LogP contribution in [0.2, 0.25) is 0 Å². The molecule has 23 heavy (non-hydrogen) atoms. The Bertz CT molecular complexity index is 670. The summed E-state index contributed by atoms with van der Waals surface area (Å²) in [5, 5.41) is 2.94. The summed E-state index contributed by atoms with van der Waals surface area (Å²) in [6.07, 6.45) is 0.430. The molecule has 2 saturated heterocycles. The normalized spacial score (nSPS) is 24.4. The zero-order valence-electron chi connectivity index (χ0n) is 13.0. The summed E-state index contributed by atoms with van der Waals surface area (Å²) in [5.41, 5.74) is 1.90. The number of carbonyl (C=O) groups is 1. The third kappa shape index (κ3) is 4.49. The van der Waals surface area contributed by atoms with Gasteiger partial charge in [-0.1, -0.05) is 18.2 Å². The summed E-state index contributed by atoms with van der Waals surface area (Å²) in [5.74, 6) is 1.80. The van der Waals surface area contributed by atoms with Gasteiger partial charge in [0, 0.05) is 36.8 Å². The van der Waals surface area contributed by atoms with Gasteiger partial charge in [0.2, 0.25) is 5.91 Å². The van der Waals surface area contributed by atoms with Gasteiger partial charge < -0.3 is 5.32 Å². The third-order valence-electron chi connectivity index (χ3n) is 4.38. The second-order valence-corrected chi connectivity index (χ2v) is 9.59. The van der Waals surface area contributed by atoms with Crippen molar-refractivity contribution in [1.82, 2.24) is 4.90 Å². The highest BCUT2D eigenvalue weighted by Crippen LogP contribution is 2.23. The fraction of sp³-hybridized carbons (Fsp3) is 0.562. The van der Waals surface area contributed by atoms with Crippen molar-refractivity contribution in [2.24, 2.45) is 5.92 Å². The van der Waals surface area contributed by atoms with Crippen molar-refractivity contribution in [2.75, 3.05) is 41.4 Å². The highest BCUT2D eigenvalue weighted by molar-refractivity contribution is 7.99.